The fraction of sp³-hybridized carbons (Fsp3) is 0.750. The monoisotopic (exact) mass is 266 g/mol. The highest BCUT2D eigenvalue weighted by Crippen LogP contribution is 2.16. The Hall–Kier alpha value is -0.800. The molecule has 0 saturated heterocycles. The van der Waals surface area contributed by atoms with Crippen molar-refractivity contribution in [2.24, 2.45) is 5.92 Å². The van der Waals surface area contributed by atoms with Crippen molar-refractivity contribution in [1.82, 2.24) is 10.2 Å². The second kappa shape index (κ2) is 9.16. The van der Waals surface area contributed by atoms with Gasteiger partial charge < -0.3 is 9.73 Å². The number of nitrogens with one attached hydrogen (secondary N) is 1. The maximum atomic E-state index is 5.58. The lowest BCUT2D eigenvalue weighted by molar-refractivity contribution is 0.224. The van der Waals surface area contributed by atoms with E-state index in [0.717, 1.165) is 37.9 Å². The number of furan rings is 1. The van der Waals surface area contributed by atoms with Gasteiger partial charge in [-0.3, -0.25) is 4.90 Å². The van der Waals surface area contributed by atoms with Crippen LogP contribution in [0, 0.1) is 5.92 Å². The van der Waals surface area contributed by atoms with Crippen molar-refractivity contribution in [3.8, 4) is 0 Å². The summed E-state index contributed by atoms with van der Waals surface area (Å²) in [5, 5.41) is 3.33. The van der Waals surface area contributed by atoms with E-state index in [4.69, 9.17) is 4.42 Å². The first kappa shape index (κ1) is 16.3. The van der Waals surface area contributed by atoms with Gasteiger partial charge >= 0.3 is 0 Å². The minimum atomic E-state index is 0.809. The van der Waals surface area contributed by atoms with E-state index in [0.29, 0.717) is 0 Å². The summed E-state index contributed by atoms with van der Waals surface area (Å²) >= 11 is 0. The third-order valence-corrected chi connectivity index (χ3v) is 3.89. The summed E-state index contributed by atoms with van der Waals surface area (Å²) in [6, 6.07) is 2.11. The van der Waals surface area contributed by atoms with Crippen LogP contribution < -0.4 is 5.32 Å². The standard InChI is InChI=1S/C16H30N2O/c1-5-14(6-2)12-18(8-4)13-15-9-10-19-16(15)11-17-7-3/h9-10,14,17H,5-8,11-13H2,1-4H3. The van der Waals surface area contributed by atoms with Crippen LogP contribution in [0.5, 0.6) is 0 Å². The van der Waals surface area contributed by atoms with Gasteiger partial charge in [-0.25, -0.2) is 0 Å². The van der Waals surface area contributed by atoms with Crippen LogP contribution in [-0.4, -0.2) is 24.5 Å². The van der Waals surface area contributed by atoms with Crippen LogP contribution >= 0.6 is 0 Å². The molecule has 1 aromatic rings. The third kappa shape index (κ3) is 5.37. The van der Waals surface area contributed by atoms with Crippen LogP contribution in [0.15, 0.2) is 16.7 Å². The lowest BCUT2D eigenvalue weighted by Crippen LogP contribution is -2.29. The fourth-order valence-electron chi connectivity index (χ4n) is 2.36. The molecular formula is C16H30N2O. The molecule has 0 aliphatic carbocycles. The Kier molecular flexibility index (Phi) is 7.84. The summed E-state index contributed by atoms with van der Waals surface area (Å²) in [6.45, 7) is 14.0. The largest absolute Gasteiger partial charge is 0.468 e. The molecule has 0 atom stereocenters. The van der Waals surface area contributed by atoms with E-state index in [1.807, 2.05) is 6.26 Å². The van der Waals surface area contributed by atoms with Crippen molar-refractivity contribution < 1.29 is 4.42 Å². The molecule has 0 saturated carbocycles. The molecule has 0 aliphatic rings. The lowest BCUT2D eigenvalue weighted by atomic mass is 10.0. The van der Waals surface area contributed by atoms with E-state index in [1.54, 1.807) is 0 Å². The quantitative estimate of drug-likeness (QED) is 0.701. The number of hydrogen-bond donors (Lipinski definition) is 1. The predicted molar refractivity (Wildman–Crippen MR) is 81.1 cm³/mol. The number of rotatable bonds is 10. The fourth-order valence-corrected chi connectivity index (χ4v) is 2.36. The Morgan fingerprint density at radius 2 is 1.95 bits per heavy atom. The summed E-state index contributed by atoms with van der Waals surface area (Å²) in [5.41, 5.74) is 1.33. The topological polar surface area (TPSA) is 28.4 Å². The van der Waals surface area contributed by atoms with Crippen molar-refractivity contribution in [2.75, 3.05) is 19.6 Å². The molecule has 0 amide bonds. The van der Waals surface area contributed by atoms with Gasteiger partial charge in [-0.2, -0.15) is 0 Å². The zero-order valence-electron chi connectivity index (χ0n) is 13.0. The van der Waals surface area contributed by atoms with Gasteiger partial charge in [0.1, 0.15) is 5.76 Å². The van der Waals surface area contributed by atoms with Crippen molar-refractivity contribution in [2.45, 2.75) is 53.6 Å². The van der Waals surface area contributed by atoms with Crippen LogP contribution in [-0.2, 0) is 13.1 Å². The Labute approximate surface area is 118 Å². The molecule has 0 aliphatic heterocycles. The smallest absolute Gasteiger partial charge is 0.122 e. The molecule has 3 nitrogen and oxygen atoms in total. The Balaban J connectivity index is 2.57. The Morgan fingerprint density at radius 1 is 1.21 bits per heavy atom. The van der Waals surface area contributed by atoms with E-state index >= 15 is 0 Å². The normalized spacial score (nSPS) is 11.7. The Bertz CT molecular complexity index is 331. The van der Waals surface area contributed by atoms with Crippen LogP contribution in [0.2, 0.25) is 0 Å². The van der Waals surface area contributed by atoms with Gasteiger partial charge in [-0.1, -0.05) is 40.5 Å². The number of nitrogens with zero attached hydrogens (tertiary/aromatic N) is 1. The first-order chi connectivity index (χ1) is 9.24. The number of hydrogen-bond acceptors (Lipinski definition) is 3. The second-order valence-corrected chi connectivity index (χ2v) is 5.16. The second-order valence-electron chi connectivity index (χ2n) is 5.16. The van der Waals surface area contributed by atoms with E-state index in [1.165, 1.54) is 24.9 Å². The van der Waals surface area contributed by atoms with Crippen LogP contribution in [0.1, 0.15) is 51.9 Å². The molecule has 1 aromatic heterocycles. The van der Waals surface area contributed by atoms with Crippen molar-refractivity contribution in [3.05, 3.63) is 23.7 Å². The third-order valence-electron chi connectivity index (χ3n) is 3.89. The summed E-state index contributed by atoms with van der Waals surface area (Å²) in [5.74, 6) is 1.90. The van der Waals surface area contributed by atoms with E-state index in [2.05, 4.69) is 44.0 Å². The van der Waals surface area contributed by atoms with Gasteiger partial charge in [0.15, 0.2) is 0 Å². The molecule has 3 heteroatoms. The SMILES string of the molecule is CCNCc1occc1CN(CC)CC(CC)CC. The van der Waals surface area contributed by atoms with Gasteiger partial charge in [0.05, 0.1) is 12.8 Å². The summed E-state index contributed by atoms with van der Waals surface area (Å²) < 4.78 is 5.58. The molecule has 1 rings (SSSR count). The van der Waals surface area contributed by atoms with E-state index in [-0.39, 0.29) is 0 Å². The summed E-state index contributed by atoms with van der Waals surface area (Å²) in [4.78, 5) is 2.53. The first-order valence-corrected chi connectivity index (χ1v) is 7.73. The summed E-state index contributed by atoms with van der Waals surface area (Å²) in [6.07, 6.45) is 4.35. The maximum absolute atomic E-state index is 5.58. The minimum absolute atomic E-state index is 0.809. The molecule has 1 N–H and O–H groups in total. The Morgan fingerprint density at radius 3 is 2.53 bits per heavy atom. The molecule has 19 heavy (non-hydrogen) atoms. The molecule has 1 heterocycles. The van der Waals surface area contributed by atoms with Crippen molar-refractivity contribution >= 4 is 0 Å². The van der Waals surface area contributed by atoms with Gasteiger partial charge in [0, 0.05) is 18.7 Å². The van der Waals surface area contributed by atoms with Gasteiger partial charge in [0.2, 0.25) is 0 Å². The molecule has 0 spiro atoms. The maximum Gasteiger partial charge on any atom is 0.122 e. The molecule has 0 fully saturated rings. The molecule has 110 valence electrons. The minimum Gasteiger partial charge on any atom is -0.468 e. The highest BCUT2D eigenvalue weighted by atomic mass is 16.3. The van der Waals surface area contributed by atoms with Crippen LogP contribution in [0.3, 0.4) is 0 Å². The predicted octanol–water partition coefficient (Wildman–Crippen LogP) is 3.65. The van der Waals surface area contributed by atoms with Crippen molar-refractivity contribution in [3.63, 3.8) is 0 Å². The average molecular weight is 266 g/mol. The van der Waals surface area contributed by atoms with Crippen LogP contribution in [0.25, 0.3) is 0 Å². The van der Waals surface area contributed by atoms with Gasteiger partial charge in [-0.05, 0) is 25.1 Å². The molecule has 0 radical (unpaired) electrons. The highest BCUT2D eigenvalue weighted by molar-refractivity contribution is 5.16. The highest BCUT2D eigenvalue weighted by Gasteiger charge is 2.13. The molecule has 0 aromatic carbocycles. The molecule has 0 unspecified atom stereocenters. The van der Waals surface area contributed by atoms with Crippen LogP contribution in [0.4, 0.5) is 0 Å². The zero-order chi connectivity index (χ0) is 14.1. The van der Waals surface area contributed by atoms with E-state index in [9.17, 15) is 0 Å². The summed E-state index contributed by atoms with van der Waals surface area (Å²) in [7, 11) is 0. The zero-order valence-corrected chi connectivity index (χ0v) is 13.0. The average Bonchev–Trinajstić information content (AvgIpc) is 2.88. The van der Waals surface area contributed by atoms with Gasteiger partial charge in [0.25, 0.3) is 0 Å². The first-order valence-electron chi connectivity index (χ1n) is 7.73. The molecular weight excluding hydrogens is 236 g/mol. The van der Waals surface area contributed by atoms with Gasteiger partial charge in [-0.15, -0.1) is 0 Å². The van der Waals surface area contributed by atoms with Crippen molar-refractivity contribution in [1.29, 1.82) is 0 Å². The van der Waals surface area contributed by atoms with E-state index < -0.39 is 0 Å². The lowest BCUT2D eigenvalue weighted by Gasteiger charge is -2.25. The molecule has 0 bridgehead atoms.